The van der Waals surface area contributed by atoms with Crippen LogP contribution < -0.4 is 0 Å². The molecule has 18 heavy (non-hydrogen) atoms. The van der Waals surface area contributed by atoms with E-state index < -0.39 is 0 Å². The summed E-state index contributed by atoms with van der Waals surface area (Å²) in [5.41, 5.74) is 1.06. The second-order valence-electron chi connectivity index (χ2n) is 6.01. The van der Waals surface area contributed by atoms with Gasteiger partial charge in [-0.15, -0.1) is 0 Å². The number of esters is 1. The van der Waals surface area contributed by atoms with Crippen molar-refractivity contribution >= 4 is 11.8 Å². The Labute approximate surface area is 109 Å². The molecule has 3 nitrogen and oxygen atoms in total. The summed E-state index contributed by atoms with van der Waals surface area (Å²) in [6, 6.07) is 0. The molecule has 0 aromatic heterocycles. The van der Waals surface area contributed by atoms with Crippen LogP contribution in [0.15, 0.2) is 11.6 Å². The van der Waals surface area contributed by atoms with E-state index in [1.54, 1.807) is 13.0 Å². The molecule has 0 spiro atoms. The van der Waals surface area contributed by atoms with E-state index in [0.29, 0.717) is 11.8 Å². The van der Waals surface area contributed by atoms with Crippen LogP contribution in [0.3, 0.4) is 0 Å². The smallest absolute Gasteiger partial charge is 0.331 e. The van der Waals surface area contributed by atoms with Crippen LogP contribution in [0, 0.1) is 23.7 Å². The Morgan fingerprint density at radius 2 is 2.06 bits per heavy atom. The van der Waals surface area contributed by atoms with Crippen molar-refractivity contribution in [2.24, 2.45) is 23.7 Å². The summed E-state index contributed by atoms with van der Waals surface area (Å²) in [5, 5.41) is 0. The monoisotopic (exact) mass is 250 g/mol. The normalized spacial score (nSPS) is 35.8. The predicted molar refractivity (Wildman–Crippen MR) is 68.9 cm³/mol. The van der Waals surface area contributed by atoms with Gasteiger partial charge in [0.1, 0.15) is 11.9 Å². The van der Waals surface area contributed by atoms with Crippen LogP contribution in [0.2, 0.25) is 0 Å². The molecule has 1 aliphatic heterocycles. The Balaban J connectivity index is 2.27. The van der Waals surface area contributed by atoms with Crippen LogP contribution >= 0.6 is 0 Å². The van der Waals surface area contributed by atoms with Gasteiger partial charge in [-0.2, -0.15) is 0 Å². The number of carbonyl (C=O) groups excluding carboxylic acids is 2. The molecule has 2 aliphatic rings. The third-order valence-electron chi connectivity index (χ3n) is 4.45. The molecule has 4 atom stereocenters. The lowest BCUT2D eigenvalue weighted by molar-refractivity contribution is -0.143. The Bertz CT molecular complexity index is 395. The maximum Gasteiger partial charge on any atom is 0.331 e. The van der Waals surface area contributed by atoms with E-state index in [2.05, 4.69) is 20.8 Å². The first-order valence-corrected chi connectivity index (χ1v) is 6.84. The zero-order chi connectivity index (χ0) is 13.4. The van der Waals surface area contributed by atoms with Gasteiger partial charge in [0.2, 0.25) is 0 Å². The van der Waals surface area contributed by atoms with E-state index in [4.69, 9.17) is 4.74 Å². The third-order valence-corrected chi connectivity index (χ3v) is 4.45. The summed E-state index contributed by atoms with van der Waals surface area (Å²) in [6.07, 6.45) is 3.43. The first-order chi connectivity index (χ1) is 8.41. The molecule has 0 radical (unpaired) electrons. The number of carbonyl (C=O) groups is 2. The maximum atomic E-state index is 11.8. The van der Waals surface area contributed by atoms with Gasteiger partial charge in [-0.05, 0) is 37.2 Å². The van der Waals surface area contributed by atoms with E-state index in [-0.39, 0.29) is 29.7 Å². The quantitative estimate of drug-likeness (QED) is 0.723. The molecule has 0 N–H and O–H groups in total. The van der Waals surface area contributed by atoms with Crippen molar-refractivity contribution in [2.75, 3.05) is 0 Å². The molecule has 0 saturated heterocycles. The van der Waals surface area contributed by atoms with Crippen molar-refractivity contribution in [3.05, 3.63) is 11.6 Å². The number of ketones is 1. The van der Waals surface area contributed by atoms with Crippen LogP contribution in [-0.2, 0) is 14.3 Å². The number of cyclic esters (lactones) is 1. The molecule has 1 unspecified atom stereocenters. The Morgan fingerprint density at radius 3 is 2.61 bits per heavy atom. The van der Waals surface area contributed by atoms with E-state index in [9.17, 15) is 9.59 Å². The van der Waals surface area contributed by atoms with Crippen molar-refractivity contribution in [2.45, 2.75) is 46.6 Å². The summed E-state index contributed by atoms with van der Waals surface area (Å²) in [6.45, 7) is 7.97. The van der Waals surface area contributed by atoms with Gasteiger partial charge < -0.3 is 4.74 Å². The number of rotatable bonds is 3. The van der Waals surface area contributed by atoms with E-state index in [1.165, 1.54) is 0 Å². The molecule has 2 rings (SSSR count). The van der Waals surface area contributed by atoms with Crippen molar-refractivity contribution in [3.8, 4) is 0 Å². The first kappa shape index (κ1) is 13.3. The zero-order valence-electron chi connectivity index (χ0n) is 11.6. The topological polar surface area (TPSA) is 43.4 Å². The van der Waals surface area contributed by atoms with Crippen LogP contribution in [-0.4, -0.2) is 17.9 Å². The average Bonchev–Trinajstić information content (AvgIpc) is 2.81. The van der Waals surface area contributed by atoms with Crippen molar-refractivity contribution < 1.29 is 14.3 Å². The molecule has 0 bridgehead atoms. The van der Waals surface area contributed by atoms with Crippen LogP contribution in [0.1, 0.15) is 40.5 Å². The Hall–Kier alpha value is -1.12. The summed E-state index contributed by atoms with van der Waals surface area (Å²) < 4.78 is 5.49. The fraction of sp³-hybridized carbons (Fsp3) is 0.733. The molecular formula is C15H22O3. The molecule has 1 saturated carbocycles. The Morgan fingerprint density at radius 1 is 1.39 bits per heavy atom. The minimum absolute atomic E-state index is 0.0537. The van der Waals surface area contributed by atoms with Gasteiger partial charge >= 0.3 is 5.97 Å². The van der Waals surface area contributed by atoms with Crippen LogP contribution in [0.4, 0.5) is 0 Å². The molecule has 1 fully saturated rings. The summed E-state index contributed by atoms with van der Waals surface area (Å²) >= 11 is 0. The highest BCUT2D eigenvalue weighted by Gasteiger charge is 2.46. The third kappa shape index (κ3) is 2.23. The zero-order valence-corrected chi connectivity index (χ0v) is 11.6. The fourth-order valence-electron chi connectivity index (χ4n) is 3.45. The average molecular weight is 250 g/mol. The first-order valence-electron chi connectivity index (χ1n) is 6.84. The highest BCUT2D eigenvalue weighted by atomic mass is 16.5. The molecule has 0 aromatic carbocycles. The Kier molecular flexibility index (Phi) is 3.60. The molecule has 0 amide bonds. The maximum absolute atomic E-state index is 11.8. The molecule has 1 aliphatic carbocycles. The SMILES string of the molecule is CC(=O)[C@H]1CC[C@@H](C)[C@H]1C1OC(=O)C=C1C(C)C. The van der Waals surface area contributed by atoms with E-state index >= 15 is 0 Å². The van der Waals surface area contributed by atoms with Crippen molar-refractivity contribution in [3.63, 3.8) is 0 Å². The van der Waals surface area contributed by atoms with Gasteiger partial charge in [0, 0.05) is 17.9 Å². The lowest BCUT2D eigenvalue weighted by Crippen LogP contribution is -2.34. The highest BCUT2D eigenvalue weighted by Crippen LogP contribution is 2.44. The van der Waals surface area contributed by atoms with Crippen LogP contribution in [0.25, 0.3) is 0 Å². The van der Waals surface area contributed by atoms with Crippen molar-refractivity contribution in [1.29, 1.82) is 0 Å². The van der Waals surface area contributed by atoms with Gasteiger partial charge in [-0.1, -0.05) is 20.8 Å². The lowest BCUT2D eigenvalue weighted by atomic mass is 9.78. The van der Waals surface area contributed by atoms with Crippen LogP contribution in [0.5, 0.6) is 0 Å². The van der Waals surface area contributed by atoms with Gasteiger partial charge in [0.05, 0.1) is 0 Å². The molecule has 1 heterocycles. The molecule has 0 aromatic rings. The van der Waals surface area contributed by atoms with Gasteiger partial charge in [0.25, 0.3) is 0 Å². The van der Waals surface area contributed by atoms with Gasteiger partial charge in [0.15, 0.2) is 0 Å². The minimum Gasteiger partial charge on any atom is -0.454 e. The van der Waals surface area contributed by atoms with Crippen molar-refractivity contribution in [1.82, 2.24) is 0 Å². The number of Topliss-reactive ketones (excluding diaryl/α,β-unsaturated/α-hetero) is 1. The second-order valence-corrected chi connectivity index (χ2v) is 6.01. The van der Waals surface area contributed by atoms with Gasteiger partial charge in [-0.25, -0.2) is 4.79 Å². The number of hydrogen-bond acceptors (Lipinski definition) is 3. The predicted octanol–water partition coefficient (Wildman–Crippen LogP) is 2.75. The fourth-order valence-corrected chi connectivity index (χ4v) is 3.45. The largest absolute Gasteiger partial charge is 0.454 e. The standard InChI is InChI=1S/C15H22O3/c1-8(2)12-7-13(17)18-15(12)14-9(3)5-6-11(14)10(4)16/h7-9,11,14-15H,5-6H2,1-4H3/t9-,11-,14-,15?/m1/s1. The lowest BCUT2D eigenvalue weighted by Gasteiger charge is -2.29. The number of hydrogen-bond donors (Lipinski definition) is 0. The summed E-state index contributed by atoms with van der Waals surface area (Å²) in [4.78, 5) is 23.3. The number of ether oxygens (including phenoxy) is 1. The molecule has 100 valence electrons. The summed E-state index contributed by atoms with van der Waals surface area (Å²) in [5.74, 6) is 0.944. The molecular weight excluding hydrogens is 228 g/mol. The van der Waals surface area contributed by atoms with E-state index in [0.717, 1.165) is 18.4 Å². The highest BCUT2D eigenvalue weighted by molar-refractivity contribution is 5.86. The van der Waals surface area contributed by atoms with Gasteiger partial charge in [-0.3, -0.25) is 4.79 Å². The minimum atomic E-state index is -0.245. The second kappa shape index (κ2) is 4.87. The summed E-state index contributed by atoms with van der Waals surface area (Å²) in [7, 11) is 0. The molecule has 3 heteroatoms. The van der Waals surface area contributed by atoms with E-state index in [1.807, 2.05) is 0 Å².